The molecule has 0 amide bonds. The average molecular weight is 211 g/mol. The molecule has 4 nitrogen and oxygen atoms in total. The van der Waals surface area contributed by atoms with E-state index in [1.807, 2.05) is 30.7 Å². The van der Waals surface area contributed by atoms with Gasteiger partial charge in [-0.1, -0.05) is 6.07 Å². The molecule has 1 aromatic carbocycles. The normalized spacial score (nSPS) is 14.2. The standard InChI is InChI=1S/C12H9N3O/c1-2-8-11-10(3-1)16-5-4-15-7-14-9(6-13-8)12(11)15/h1-3,6-7H,4-5H2. The molecular weight excluding hydrogens is 202 g/mol. The molecule has 1 aliphatic heterocycles. The van der Waals surface area contributed by atoms with E-state index in [4.69, 9.17) is 4.74 Å². The molecule has 0 fully saturated rings. The fraction of sp³-hybridized carbons (Fsp3) is 0.167. The third-order valence-electron chi connectivity index (χ3n) is 3.02. The Balaban J connectivity index is 2.36. The Morgan fingerprint density at radius 3 is 3.19 bits per heavy atom. The molecule has 0 aliphatic carbocycles. The van der Waals surface area contributed by atoms with E-state index in [1.165, 1.54) is 0 Å². The number of benzene rings is 1. The molecule has 1 aliphatic rings. The number of aromatic nitrogens is 3. The lowest BCUT2D eigenvalue weighted by molar-refractivity contribution is 0.307. The Labute approximate surface area is 91.5 Å². The molecule has 0 N–H and O–H groups in total. The summed E-state index contributed by atoms with van der Waals surface area (Å²) in [7, 11) is 0. The number of nitrogens with zero attached hydrogens (tertiary/aromatic N) is 3. The van der Waals surface area contributed by atoms with Crippen LogP contribution < -0.4 is 4.74 Å². The van der Waals surface area contributed by atoms with Crippen LogP contribution in [0.15, 0.2) is 30.7 Å². The van der Waals surface area contributed by atoms with Gasteiger partial charge in [0.1, 0.15) is 17.9 Å². The highest BCUT2D eigenvalue weighted by atomic mass is 16.5. The SMILES string of the molecule is c1cc2c3c(c1)ncc1ncn(c13)CCO2. The average Bonchev–Trinajstić information content (AvgIpc) is 2.64. The van der Waals surface area contributed by atoms with E-state index in [1.54, 1.807) is 0 Å². The van der Waals surface area contributed by atoms with Gasteiger partial charge in [-0.05, 0) is 12.1 Å². The van der Waals surface area contributed by atoms with Crippen LogP contribution in [-0.4, -0.2) is 21.1 Å². The second-order valence-electron chi connectivity index (χ2n) is 3.93. The second kappa shape index (κ2) is 2.72. The van der Waals surface area contributed by atoms with Crippen LogP contribution in [0.3, 0.4) is 0 Å². The van der Waals surface area contributed by atoms with Gasteiger partial charge >= 0.3 is 0 Å². The van der Waals surface area contributed by atoms with Gasteiger partial charge in [0.2, 0.25) is 0 Å². The zero-order valence-corrected chi connectivity index (χ0v) is 8.55. The van der Waals surface area contributed by atoms with Crippen molar-refractivity contribution in [2.24, 2.45) is 0 Å². The summed E-state index contributed by atoms with van der Waals surface area (Å²) in [6, 6.07) is 5.97. The predicted molar refractivity (Wildman–Crippen MR) is 60.5 cm³/mol. The maximum Gasteiger partial charge on any atom is 0.130 e. The minimum atomic E-state index is 0.680. The minimum Gasteiger partial charge on any atom is -0.491 e. The molecular formula is C12H9N3O. The number of ether oxygens (including phenoxy) is 1. The van der Waals surface area contributed by atoms with Crippen LogP contribution in [-0.2, 0) is 6.54 Å². The van der Waals surface area contributed by atoms with E-state index in [0.717, 1.165) is 34.2 Å². The molecule has 0 saturated carbocycles. The topological polar surface area (TPSA) is 39.9 Å². The largest absolute Gasteiger partial charge is 0.491 e. The maximum absolute atomic E-state index is 5.74. The van der Waals surface area contributed by atoms with Crippen molar-refractivity contribution in [2.45, 2.75) is 6.54 Å². The van der Waals surface area contributed by atoms with Crippen LogP contribution in [0.4, 0.5) is 0 Å². The Morgan fingerprint density at radius 2 is 2.19 bits per heavy atom. The van der Waals surface area contributed by atoms with Gasteiger partial charge in [-0.2, -0.15) is 0 Å². The molecule has 3 aromatic rings. The Hall–Kier alpha value is -2.10. The molecule has 3 heterocycles. The van der Waals surface area contributed by atoms with Gasteiger partial charge in [-0.25, -0.2) is 4.98 Å². The lowest BCUT2D eigenvalue weighted by atomic mass is 10.2. The lowest BCUT2D eigenvalue weighted by Crippen LogP contribution is -2.03. The van der Waals surface area contributed by atoms with Crippen molar-refractivity contribution in [1.82, 2.24) is 14.5 Å². The third kappa shape index (κ3) is 0.888. The minimum absolute atomic E-state index is 0.680. The summed E-state index contributed by atoms with van der Waals surface area (Å²) in [5, 5.41) is 1.08. The first-order chi connectivity index (χ1) is 7.93. The van der Waals surface area contributed by atoms with Crippen LogP contribution in [0.5, 0.6) is 5.75 Å². The number of pyridine rings is 1. The first-order valence-corrected chi connectivity index (χ1v) is 5.29. The van der Waals surface area contributed by atoms with Crippen molar-refractivity contribution >= 4 is 21.9 Å². The van der Waals surface area contributed by atoms with Crippen LogP contribution in [0.1, 0.15) is 0 Å². The van der Waals surface area contributed by atoms with Gasteiger partial charge in [-0.15, -0.1) is 0 Å². The van der Waals surface area contributed by atoms with Crippen molar-refractivity contribution in [2.75, 3.05) is 6.61 Å². The molecule has 2 aromatic heterocycles. The van der Waals surface area contributed by atoms with Crippen molar-refractivity contribution < 1.29 is 4.74 Å². The Kier molecular flexibility index (Phi) is 1.38. The van der Waals surface area contributed by atoms with Crippen LogP contribution in [0.25, 0.3) is 21.9 Å². The third-order valence-corrected chi connectivity index (χ3v) is 3.02. The van der Waals surface area contributed by atoms with Gasteiger partial charge in [0.15, 0.2) is 0 Å². The van der Waals surface area contributed by atoms with E-state index in [-0.39, 0.29) is 0 Å². The molecule has 0 unspecified atom stereocenters. The predicted octanol–water partition coefficient (Wildman–Crippen LogP) is 1.98. The Bertz CT molecular complexity index is 702. The summed E-state index contributed by atoms with van der Waals surface area (Å²) < 4.78 is 7.87. The van der Waals surface area contributed by atoms with E-state index in [9.17, 15) is 0 Å². The molecule has 78 valence electrons. The maximum atomic E-state index is 5.74. The van der Waals surface area contributed by atoms with Gasteiger partial charge in [0.25, 0.3) is 0 Å². The fourth-order valence-corrected chi connectivity index (χ4v) is 2.30. The quantitative estimate of drug-likeness (QED) is 0.570. The summed E-state index contributed by atoms with van der Waals surface area (Å²) in [6.45, 7) is 1.52. The van der Waals surface area contributed by atoms with E-state index in [2.05, 4.69) is 14.5 Å². The summed E-state index contributed by atoms with van der Waals surface area (Å²) in [4.78, 5) is 8.76. The van der Waals surface area contributed by atoms with Crippen molar-refractivity contribution in [3.05, 3.63) is 30.7 Å². The zero-order chi connectivity index (χ0) is 10.5. The van der Waals surface area contributed by atoms with Crippen LogP contribution >= 0.6 is 0 Å². The molecule has 0 saturated heterocycles. The molecule has 0 bridgehead atoms. The van der Waals surface area contributed by atoms with E-state index >= 15 is 0 Å². The van der Waals surface area contributed by atoms with Crippen LogP contribution in [0, 0.1) is 0 Å². The summed E-state index contributed by atoms with van der Waals surface area (Å²) in [6.07, 6.45) is 3.68. The molecule has 4 rings (SSSR count). The first kappa shape index (κ1) is 8.10. The number of hydrogen-bond acceptors (Lipinski definition) is 3. The first-order valence-electron chi connectivity index (χ1n) is 5.29. The lowest BCUT2D eigenvalue weighted by Gasteiger charge is -2.04. The zero-order valence-electron chi connectivity index (χ0n) is 8.55. The highest BCUT2D eigenvalue weighted by molar-refractivity contribution is 6.05. The summed E-state index contributed by atoms with van der Waals surface area (Å²) in [5.41, 5.74) is 3.04. The number of imidazole rings is 1. The van der Waals surface area contributed by atoms with Crippen molar-refractivity contribution in [1.29, 1.82) is 0 Å². The van der Waals surface area contributed by atoms with Gasteiger partial charge in [-0.3, -0.25) is 4.98 Å². The monoisotopic (exact) mass is 211 g/mol. The van der Waals surface area contributed by atoms with Gasteiger partial charge < -0.3 is 9.30 Å². The van der Waals surface area contributed by atoms with Crippen molar-refractivity contribution in [3.8, 4) is 5.75 Å². The highest BCUT2D eigenvalue weighted by Crippen LogP contribution is 2.32. The van der Waals surface area contributed by atoms with E-state index in [0.29, 0.717) is 6.61 Å². The summed E-state index contributed by atoms with van der Waals surface area (Å²) in [5.74, 6) is 0.912. The Morgan fingerprint density at radius 1 is 1.19 bits per heavy atom. The smallest absolute Gasteiger partial charge is 0.130 e. The molecule has 4 heteroatoms. The van der Waals surface area contributed by atoms with Gasteiger partial charge in [0, 0.05) is 0 Å². The number of hydrogen-bond donors (Lipinski definition) is 0. The fourth-order valence-electron chi connectivity index (χ4n) is 2.30. The van der Waals surface area contributed by atoms with E-state index < -0.39 is 0 Å². The second-order valence-corrected chi connectivity index (χ2v) is 3.93. The molecule has 0 atom stereocenters. The molecule has 16 heavy (non-hydrogen) atoms. The highest BCUT2D eigenvalue weighted by Gasteiger charge is 2.15. The van der Waals surface area contributed by atoms with Crippen molar-refractivity contribution in [3.63, 3.8) is 0 Å². The van der Waals surface area contributed by atoms with Gasteiger partial charge in [0.05, 0.1) is 35.5 Å². The summed E-state index contributed by atoms with van der Waals surface area (Å²) >= 11 is 0. The van der Waals surface area contributed by atoms with Crippen LogP contribution in [0.2, 0.25) is 0 Å². The number of rotatable bonds is 0. The molecule has 0 radical (unpaired) electrons. The molecule has 0 spiro atoms.